The van der Waals surface area contributed by atoms with Crippen LogP contribution in [0.4, 0.5) is 10.5 Å². The molecule has 1 aliphatic rings. The number of carbonyl (C=O) groups excluding carboxylic acids is 1. The number of carboxylic acids is 1. The fraction of sp³-hybridized carbons (Fsp3) is 0.500. The summed E-state index contributed by atoms with van der Waals surface area (Å²) in [5, 5.41) is 12.1. The van der Waals surface area contributed by atoms with Gasteiger partial charge in [0.05, 0.1) is 5.56 Å². The van der Waals surface area contributed by atoms with Crippen LogP contribution in [0.25, 0.3) is 0 Å². The minimum atomic E-state index is -0.973. The van der Waals surface area contributed by atoms with Gasteiger partial charge in [-0.05, 0) is 56.4 Å². The van der Waals surface area contributed by atoms with Crippen LogP contribution in [-0.4, -0.2) is 34.6 Å². The Bertz CT molecular complexity index is 569. The summed E-state index contributed by atoms with van der Waals surface area (Å²) >= 11 is 0. The van der Waals surface area contributed by atoms with E-state index >= 15 is 0 Å². The van der Waals surface area contributed by atoms with Crippen molar-refractivity contribution in [2.75, 3.05) is 11.9 Å². The molecule has 5 heteroatoms. The van der Waals surface area contributed by atoms with Crippen molar-refractivity contribution < 1.29 is 14.7 Å². The maximum absolute atomic E-state index is 12.3. The molecule has 1 unspecified atom stereocenters. The molecule has 2 amide bonds. The van der Waals surface area contributed by atoms with Gasteiger partial charge in [-0.2, -0.15) is 0 Å². The average molecular weight is 290 g/mol. The van der Waals surface area contributed by atoms with E-state index in [1.807, 2.05) is 17.9 Å². The Morgan fingerprint density at radius 3 is 2.71 bits per heavy atom. The van der Waals surface area contributed by atoms with Gasteiger partial charge in [0.1, 0.15) is 0 Å². The predicted molar refractivity (Wildman–Crippen MR) is 81.9 cm³/mol. The molecule has 1 heterocycles. The van der Waals surface area contributed by atoms with E-state index < -0.39 is 5.97 Å². The lowest BCUT2D eigenvalue weighted by Crippen LogP contribution is -2.38. The molecule has 0 aliphatic carbocycles. The average Bonchev–Trinajstić information content (AvgIpc) is 2.90. The second kappa shape index (κ2) is 6.16. The predicted octanol–water partition coefficient (Wildman–Crippen LogP) is 3.41. The summed E-state index contributed by atoms with van der Waals surface area (Å²) in [5.74, 6) is -0.973. The Labute approximate surface area is 125 Å². The summed E-state index contributed by atoms with van der Waals surface area (Å²) in [4.78, 5) is 25.4. The van der Waals surface area contributed by atoms with Gasteiger partial charge in [0.2, 0.25) is 0 Å². The highest BCUT2D eigenvalue weighted by atomic mass is 16.4. The van der Waals surface area contributed by atoms with Crippen molar-refractivity contribution in [2.24, 2.45) is 0 Å². The van der Waals surface area contributed by atoms with Gasteiger partial charge in [0.25, 0.3) is 0 Å². The zero-order valence-corrected chi connectivity index (χ0v) is 12.8. The van der Waals surface area contributed by atoms with E-state index in [9.17, 15) is 14.7 Å². The van der Waals surface area contributed by atoms with Crippen LogP contribution in [0.5, 0.6) is 0 Å². The van der Waals surface area contributed by atoms with E-state index in [1.165, 1.54) is 6.07 Å². The first-order valence-corrected chi connectivity index (χ1v) is 7.36. The van der Waals surface area contributed by atoms with Crippen LogP contribution >= 0.6 is 0 Å². The highest BCUT2D eigenvalue weighted by Crippen LogP contribution is 2.23. The SMILES string of the molecule is CCC1CCCN1C(=O)Nc1cc(C)c(C)c(C(=O)O)c1. The number of carbonyl (C=O) groups is 2. The van der Waals surface area contributed by atoms with E-state index in [1.54, 1.807) is 6.92 Å². The molecular formula is C16H22N2O3. The minimum Gasteiger partial charge on any atom is -0.478 e. The molecule has 21 heavy (non-hydrogen) atoms. The molecule has 114 valence electrons. The van der Waals surface area contributed by atoms with E-state index in [0.717, 1.165) is 36.9 Å². The fourth-order valence-electron chi connectivity index (χ4n) is 2.88. The summed E-state index contributed by atoms with van der Waals surface area (Å²) in [7, 11) is 0. The number of carboxylic acid groups (broad SMARTS) is 1. The van der Waals surface area contributed by atoms with Gasteiger partial charge in [-0.25, -0.2) is 9.59 Å². The molecule has 0 saturated carbocycles. The standard InChI is InChI=1S/C16H22N2O3/c1-4-13-6-5-7-18(13)16(21)17-12-8-10(2)11(3)14(9-12)15(19)20/h8-9,13H,4-7H2,1-3H3,(H,17,21)(H,19,20). The number of benzene rings is 1. The van der Waals surface area contributed by atoms with E-state index in [4.69, 9.17) is 0 Å². The van der Waals surface area contributed by atoms with Crippen molar-refractivity contribution in [3.05, 3.63) is 28.8 Å². The van der Waals surface area contributed by atoms with Gasteiger partial charge in [0, 0.05) is 18.3 Å². The Morgan fingerprint density at radius 2 is 2.10 bits per heavy atom. The molecule has 1 aromatic rings. The van der Waals surface area contributed by atoms with E-state index in [0.29, 0.717) is 5.69 Å². The van der Waals surface area contributed by atoms with Crippen LogP contribution in [-0.2, 0) is 0 Å². The summed E-state index contributed by atoms with van der Waals surface area (Å²) in [5.41, 5.74) is 2.37. The van der Waals surface area contributed by atoms with Crippen molar-refractivity contribution in [3.63, 3.8) is 0 Å². The molecule has 5 nitrogen and oxygen atoms in total. The number of nitrogens with zero attached hydrogens (tertiary/aromatic N) is 1. The smallest absolute Gasteiger partial charge is 0.336 e. The number of aromatic carboxylic acids is 1. The third-order valence-corrected chi connectivity index (χ3v) is 4.26. The lowest BCUT2D eigenvalue weighted by molar-refractivity contribution is 0.0696. The molecule has 1 atom stereocenters. The van der Waals surface area contributed by atoms with Crippen molar-refractivity contribution in [3.8, 4) is 0 Å². The lowest BCUT2D eigenvalue weighted by atomic mass is 10.0. The first kappa shape index (κ1) is 15.4. The number of hydrogen-bond acceptors (Lipinski definition) is 2. The highest BCUT2D eigenvalue weighted by Gasteiger charge is 2.27. The van der Waals surface area contributed by atoms with Crippen LogP contribution < -0.4 is 5.32 Å². The Morgan fingerprint density at radius 1 is 1.38 bits per heavy atom. The monoisotopic (exact) mass is 290 g/mol. The summed E-state index contributed by atoms with van der Waals surface area (Å²) in [6.45, 7) is 6.47. The normalized spacial score (nSPS) is 17.9. The van der Waals surface area contributed by atoms with Gasteiger partial charge < -0.3 is 15.3 Å². The van der Waals surface area contributed by atoms with Gasteiger partial charge in [0.15, 0.2) is 0 Å². The maximum atomic E-state index is 12.3. The fourth-order valence-corrected chi connectivity index (χ4v) is 2.88. The van der Waals surface area contributed by atoms with Gasteiger partial charge >= 0.3 is 12.0 Å². The van der Waals surface area contributed by atoms with Crippen molar-refractivity contribution >= 4 is 17.7 Å². The second-order valence-corrected chi connectivity index (χ2v) is 5.60. The number of nitrogens with one attached hydrogen (secondary N) is 1. The largest absolute Gasteiger partial charge is 0.478 e. The number of likely N-dealkylation sites (tertiary alicyclic amines) is 1. The molecule has 2 rings (SSSR count). The molecule has 0 spiro atoms. The quantitative estimate of drug-likeness (QED) is 0.896. The molecule has 1 saturated heterocycles. The van der Waals surface area contributed by atoms with Crippen LogP contribution in [0.2, 0.25) is 0 Å². The summed E-state index contributed by atoms with van der Waals surface area (Å²) in [6.07, 6.45) is 3.01. The first-order chi connectivity index (χ1) is 9.93. The van der Waals surface area contributed by atoms with E-state index in [2.05, 4.69) is 12.2 Å². The van der Waals surface area contributed by atoms with Gasteiger partial charge in [-0.1, -0.05) is 6.92 Å². The first-order valence-electron chi connectivity index (χ1n) is 7.36. The number of urea groups is 1. The molecule has 0 bridgehead atoms. The van der Waals surface area contributed by atoms with Crippen molar-refractivity contribution in [2.45, 2.75) is 46.1 Å². The number of rotatable bonds is 3. The number of aryl methyl sites for hydroxylation is 1. The van der Waals surface area contributed by atoms with Crippen LogP contribution in [0, 0.1) is 13.8 Å². The zero-order chi connectivity index (χ0) is 15.6. The van der Waals surface area contributed by atoms with Gasteiger partial charge in [-0.15, -0.1) is 0 Å². The third-order valence-electron chi connectivity index (χ3n) is 4.26. The number of hydrogen-bond donors (Lipinski definition) is 2. The van der Waals surface area contributed by atoms with Gasteiger partial charge in [-0.3, -0.25) is 0 Å². The van der Waals surface area contributed by atoms with E-state index in [-0.39, 0.29) is 17.6 Å². The minimum absolute atomic E-state index is 0.140. The number of anilines is 1. The van der Waals surface area contributed by atoms with Crippen molar-refractivity contribution in [1.29, 1.82) is 0 Å². The third kappa shape index (κ3) is 3.17. The summed E-state index contributed by atoms with van der Waals surface area (Å²) < 4.78 is 0. The van der Waals surface area contributed by atoms with Crippen LogP contribution in [0.1, 0.15) is 47.7 Å². The molecule has 0 aromatic heterocycles. The molecule has 1 fully saturated rings. The number of amides is 2. The Balaban J connectivity index is 2.20. The molecule has 0 radical (unpaired) electrons. The molecule has 1 aliphatic heterocycles. The maximum Gasteiger partial charge on any atom is 0.336 e. The highest BCUT2D eigenvalue weighted by molar-refractivity contribution is 5.94. The molecule has 1 aromatic carbocycles. The molecule has 2 N–H and O–H groups in total. The summed E-state index contributed by atoms with van der Waals surface area (Å²) in [6, 6.07) is 3.49. The van der Waals surface area contributed by atoms with Crippen LogP contribution in [0.15, 0.2) is 12.1 Å². The Hall–Kier alpha value is -2.04. The lowest BCUT2D eigenvalue weighted by Gasteiger charge is -2.24. The molecular weight excluding hydrogens is 268 g/mol. The second-order valence-electron chi connectivity index (χ2n) is 5.60. The Kier molecular flexibility index (Phi) is 4.50. The zero-order valence-electron chi connectivity index (χ0n) is 12.8. The van der Waals surface area contributed by atoms with Crippen molar-refractivity contribution in [1.82, 2.24) is 4.90 Å². The topological polar surface area (TPSA) is 69.6 Å². The van der Waals surface area contributed by atoms with Crippen LogP contribution in [0.3, 0.4) is 0 Å².